The van der Waals surface area contributed by atoms with Gasteiger partial charge in [-0.25, -0.2) is 4.98 Å². The molecule has 7 nitrogen and oxygen atoms in total. The van der Waals surface area contributed by atoms with E-state index in [2.05, 4.69) is 43.6 Å². The summed E-state index contributed by atoms with van der Waals surface area (Å²) in [6, 6.07) is 10.6. The molecule has 0 N–H and O–H groups in total. The normalized spacial score (nSPS) is 20.4. The fourth-order valence-electron chi connectivity index (χ4n) is 4.38. The minimum Gasteiger partial charge on any atom is -0.379 e. The van der Waals surface area contributed by atoms with Gasteiger partial charge in [0.25, 0.3) is 0 Å². The highest BCUT2D eigenvalue weighted by Crippen LogP contribution is 2.28. The molecule has 4 rings (SSSR count). The first-order valence-corrected chi connectivity index (χ1v) is 10.5. The van der Waals surface area contributed by atoms with Crippen molar-refractivity contribution in [2.75, 3.05) is 52.5 Å². The summed E-state index contributed by atoms with van der Waals surface area (Å²) >= 11 is 0. The molecule has 2 fully saturated rings. The number of aryl methyl sites for hydroxylation is 1. The molecule has 30 heavy (non-hydrogen) atoms. The highest BCUT2D eigenvalue weighted by atomic mass is 35.5. The number of piperazine rings is 1. The predicted molar refractivity (Wildman–Crippen MR) is 119 cm³/mol. The first kappa shape index (κ1) is 22.7. The van der Waals surface area contributed by atoms with Crippen molar-refractivity contribution in [1.82, 2.24) is 24.3 Å². The van der Waals surface area contributed by atoms with E-state index in [1.54, 1.807) is 0 Å². The van der Waals surface area contributed by atoms with Crippen LogP contribution < -0.4 is 0 Å². The van der Waals surface area contributed by atoms with E-state index in [9.17, 15) is 4.79 Å². The summed E-state index contributed by atoms with van der Waals surface area (Å²) in [5.41, 5.74) is 1.24. The van der Waals surface area contributed by atoms with E-state index in [4.69, 9.17) is 4.74 Å². The van der Waals surface area contributed by atoms with Gasteiger partial charge in [-0.05, 0) is 12.5 Å². The minimum absolute atomic E-state index is 0. The standard InChI is InChI=1S/C22H31N5O2.ClH/c1-18(25-14-16-29-17-15-25)22(28)27-12-10-26(11-13-27)20(19-6-4-3-5-7-19)21-23-8-9-24(21)2;/h3-9,18,20H,10-17H2,1-2H3;1H. The first-order valence-electron chi connectivity index (χ1n) is 10.5. The van der Waals surface area contributed by atoms with Crippen molar-refractivity contribution in [3.05, 3.63) is 54.1 Å². The van der Waals surface area contributed by atoms with Gasteiger partial charge < -0.3 is 14.2 Å². The van der Waals surface area contributed by atoms with Gasteiger partial charge in [-0.3, -0.25) is 14.6 Å². The molecular formula is C22H32ClN5O2. The number of hydrogen-bond acceptors (Lipinski definition) is 5. The molecule has 0 bridgehead atoms. The summed E-state index contributed by atoms with van der Waals surface area (Å²) in [5.74, 6) is 1.28. The number of nitrogens with zero attached hydrogens (tertiary/aromatic N) is 5. The maximum atomic E-state index is 13.0. The zero-order chi connectivity index (χ0) is 20.2. The van der Waals surface area contributed by atoms with Crippen molar-refractivity contribution < 1.29 is 9.53 Å². The van der Waals surface area contributed by atoms with Gasteiger partial charge in [0.05, 0.1) is 25.3 Å². The number of halogens is 1. The number of ether oxygens (including phenoxy) is 1. The van der Waals surface area contributed by atoms with Gasteiger partial charge >= 0.3 is 0 Å². The third kappa shape index (κ3) is 4.86. The molecule has 3 heterocycles. The molecule has 0 spiro atoms. The Labute approximate surface area is 185 Å². The van der Waals surface area contributed by atoms with E-state index in [0.717, 1.165) is 45.1 Å². The highest BCUT2D eigenvalue weighted by molar-refractivity contribution is 5.85. The number of carbonyl (C=O) groups excluding carboxylic acids is 1. The second-order valence-electron chi connectivity index (χ2n) is 7.90. The van der Waals surface area contributed by atoms with Crippen molar-refractivity contribution >= 4 is 18.3 Å². The minimum atomic E-state index is -0.0788. The summed E-state index contributed by atoms with van der Waals surface area (Å²) < 4.78 is 7.51. The molecule has 1 aromatic heterocycles. The van der Waals surface area contributed by atoms with Crippen LogP contribution in [0.5, 0.6) is 0 Å². The molecule has 2 unspecified atom stereocenters. The Morgan fingerprint density at radius 3 is 2.27 bits per heavy atom. The number of hydrogen-bond donors (Lipinski definition) is 0. The van der Waals surface area contributed by atoms with Crippen LogP contribution in [0.2, 0.25) is 0 Å². The van der Waals surface area contributed by atoms with E-state index < -0.39 is 0 Å². The molecule has 0 aliphatic carbocycles. The van der Waals surface area contributed by atoms with Crippen LogP contribution >= 0.6 is 12.4 Å². The van der Waals surface area contributed by atoms with Gasteiger partial charge in [-0.15, -0.1) is 12.4 Å². The third-order valence-corrected chi connectivity index (χ3v) is 6.16. The summed E-state index contributed by atoms with van der Waals surface area (Å²) in [4.78, 5) is 24.4. The number of benzene rings is 1. The average Bonchev–Trinajstić information content (AvgIpc) is 3.20. The maximum Gasteiger partial charge on any atom is 0.239 e. The molecule has 2 aliphatic heterocycles. The van der Waals surface area contributed by atoms with E-state index in [-0.39, 0.29) is 30.4 Å². The quantitative estimate of drug-likeness (QED) is 0.719. The molecule has 1 amide bonds. The molecule has 2 saturated heterocycles. The number of morpholine rings is 1. The van der Waals surface area contributed by atoms with Crippen LogP contribution in [0.15, 0.2) is 42.7 Å². The second kappa shape index (κ2) is 10.4. The number of aromatic nitrogens is 2. The Kier molecular flexibility index (Phi) is 7.88. The smallest absolute Gasteiger partial charge is 0.239 e. The molecule has 1 aromatic carbocycles. The summed E-state index contributed by atoms with van der Waals surface area (Å²) in [6.45, 7) is 8.32. The lowest BCUT2D eigenvalue weighted by Crippen LogP contribution is -2.56. The Balaban J connectivity index is 0.00000256. The monoisotopic (exact) mass is 433 g/mol. The molecule has 0 saturated carbocycles. The number of imidazole rings is 1. The third-order valence-electron chi connectivity index (χ3n) is 6.16. The van der Waals surface area contributed by atoms with Gasteiger partial charge in [-0.1, -0.05) is 30.3 Å². The summed E-state index contributed by atoms with van der Waals surface area (Å²) in [7, 11) is 2.04. The van der Waals surface area contributed by atoms with Crippen molar-refractivity contribution in [2.45, 2.75) is 19.0 Å². The topological polar surface area (TPSA) is 53.8 Å². The summed E-state index contributed by atoms with van der Waals surface area (Å²) in [6.07, 6.45) is 3.85. The number of amides is 1. The van der Waals surface area contributed by atoms with Crippen LogP contribution in [0.4, 0.5) is 0 Å². The Morgan fingerprint density at radius 1 is 1.00 bits per heavy atom. The van der Waals surface area contributed by atoms with E-state index >= 15 is 0 Å². The van der Waals surface area contributed by atoms with Crippen molar-refractivity contribution in [3.63, 3.8) is 0 Å². The SMILES string of the molecule is CC(C(=O)N1CCN(C(c2ccccc2)c2nccn2C)CC1)N1CCOCC1.Cl. The molecular weight excluding hydrogens is 402 g/mol. The molecule has 0 radical (unpaired) electrons. The first-order chi connectivity index (χ1) is 14.1. The van der Waals surface area contributed by atoms with Gasteiger partial charge in [0.15, 0.2) is 0 Å². The van der Waals surface area contributed by atoms with Gasteiger partial charge in [-0.2, -0.15) is 0 Å². The second-order valence-corrected chi connectivity index (χ2v) is 7.90. The predicted octanol–water partition coefficient (Wildman–Crippen LogP) is 1.80. The van der Waals surface area contributed by atoms with Crippen LogP contribution in [0.1, 0.15) is 24.4 Å². The fraction of sp³-hybridized carbons (Fsp3) is 0.545. The molecule has 2 aromatic rings. The van der Waals surface area contributed by atoms with Crippen LogP contribution in [0.3, 0.4) is 0 Å². The maximum absolute atomic E-state index is 13.0. The Bertz CT molecular complexity index is 801. The van der Waals surface area contributed by atoms with Crippen LogP contribution in [0.25, 0.3) is 0 Å². The lowest BCUT2D eigenvalue weighted by molar-refractivity contribution is -0.140. The zero-order valence-electron chi connectivity index (χ0n) is 17.8. The van der Waals surface area contributed by atoms with Crippen LogP contribution in [-0.4, -0.2) is 88.7 Å². The largest absolute Gasteiger partial charge is 0.379 e. The Morgan fingerprint density at radius 2 is 1.67 bits per heavy atom. The van der Waals surface area contributed by atoms with Crippen molar-refractivity contribution in [2.24, 2.45) is 7.05 Å². The molecule has 2 aliphatic rings. The Hall–Kier alpha value is -1.93. The molecule has 8 heteroatoms. The van der Waals surface area contributed by atoms with Gasteiger partial charge in [0.1, 0.15) is 5.82 Å². The van der Waals surface area contributed by atoms with Crippen molar-refractivity contribution in [1.29, 1.82) is 0 Å². The average molecular weight is 434 g/mol. The lowest BCUT2D eigenvalue weighted by Gasteiger charge is -2.41. The van der Waals surface area contributed by atoms with Gasteiger partial charge in [0, 0.05) is 58.7 Å². The number of rotatable bonds is 5. The van der Waals surface area contributed by atoms with E-state index in [1.165, 1.54) is 5.56 Å². The molecule has 164 valence electrons. The zero-order valence-corrected chi connectivity index (χ0v) is 18.6. The van der Waals surface area contributed by atoms with Crippen LogP contribution in [0, 0.1) is 0 Å². The van der Waals surface area contributed by atoms with Crippen molar-refractivity contribution in [3.8, 4) is 0 Å². The fourth-order valence-corrected chi connectivity index (χ4v) is 4.38. The van der Waals surface area contributed by atoms with Gasteiger partial charge in [0.2, 0.25) is 5.91 Å². The van der Waals surface area contributed by atoms with E-state index in [0.29, 0.717) is 13.2 Å². The molecule has 2 atom stereocenters. The lowest BCUT2D eigenvalue weighted by atomic mass is 10.0. The summed E-state index contributed by atoms with van der Waals surface area (Å²) in [5, 5.41) is 0. The van der Waals surface area contributed by atoms with Crippen LogP contribution in [-0.2, 0) is 16.6 Å². The van der Waals surface area contributed by atoms with E-state index in [1.807, 2.05) is 37.3 Å². The number of carbonyl (C=O) groups is 1. The highest BCUT2D eigenvalue weighted by Gasteiger charge is 2.33.